The first-order valence-corrected chi connectivity index (χ1v) is 10.1. The Labute approximate surface area is 184 Å². The van der Waals surface area contributed by atoms with Gasteiger partial charge in [-0.2, -0.15) is 0 Å². The van der Waals surface area contributed by atoms with Gasteiger partial charge in [0, 0.05) is 25.1 Å². The maximum atomic E-state index is 12.8. The molecule has 0 saturated carbocycles. The third-order valence-corrected chi connectivity index (χ3v) is 4.91. The van der Waals surface area contributed by atoms with E-state index in [0.29, 0.717) is 22.2 Å². The molecule has 0 radical (unpaired) electrons. The molecule has 1 aromatic heterocycles. The van der Waals surface area contributed by atoms with Crippen LogP contribution >= 0.6 is 11.6 Å². The van der Waals surface area contributed by atoms with E-state index in [4.69, 9.17) is 16.0 Å². The van der Waals surface area contributed by atoms with Gasteiger partial charge in [-0.15, -0.1) is 10.2 Å². The van der Waals surface area contributed by atoms with Gasteiger partial charge in [0.15, 0.2) is 0 Å². The molecule has 0 saturated heterocycles. The molecule has 1 heterocycles. The van der Waals surface area contributed by atoms with Crippen molar-refractivity contribution in [1.29, 1.82) is 0 Å². The molecule has 3 aromatic rings. The second-order valence-electron chi connectivity index (χ2n) is 7.05. The van der Waals surface area contributed by atoms with E-state index < -0.39 is 4.92 Å². The summed E-state index contributed by atoms with van der Waals surface area (Å²) in [6.45, 7) is 4.18. The number of para-hydroxylation sites is 2. The number of carbonyl (C=O) groups is 1. The van der Waals surface area contributed by atoms with Gasteiger partial charge in [-0.25, -0.2) is 0 Å². The van der Waals surface area contributed by atoms with Crippen LogP contribution in [0.4, 0.5) is 11.4 Å². The van der Waals surface area contributed by atoms with Gasteiger partial charge in [-0.05, 0) is 32.0 Å². The highest BCUT2D eigenvalue weighted by Crippen LogP contribution is 2.27. The summed E-state index contributed by atoms with van der Waals surface area (Å²) >= 11 is 6.17. The van der Waals surface area contributed by atoms with Crippen molar-refractivity contribution in [1.82, 2.24) is 15.1 Å². The van der Waals surface area contributed by atoms with Crippen molar-refractivity contribution in [2.45, 2.75) is 32.9 Å². The fraction of sp³-hybridized carbons (Fsp3) is 0.286. The molecular formula is C21H22ClN5O4. The predicted molar refractivity (Wildman–Crippen MR) is 117 cm³/mol. The van der Waals surface area contributed by atoms with Gasteiger partial charge < -0.3 is 14.6 Å². The average molecular weight is 444 g/mol. The summed E-state index contributed by atoms with van der Waals surface area (Å²) < 4.78 is 5.71. The molecule has 10 heteroatoms. The highest BCUT2D eigenvalue weighted by Gasteiger charge is 2.21. The van der Waals surface area contributed by atoms with Crippen molar-refractivity contribution in [2.24, 2.45) is 0 Å². The summed E-state index contributed by atoms with van der Waals surface area (Å²) in [5.74, 6) is 0.442. The quantitative estimate of drug-likeness (QED) is 0.381. The van der Waals surface area contributed by atoms with Crippen molar-refractivity contribution in [3.8, 4) is 11.5 Å². The van der Waals surface area contributed by atoms with Crippen LogP contribution in [0.2, 0.25) is 5.02 Å². The van der Waals surface area contributed by atoms with Crippen molar-refractivity contribution in [3.63, 3.8) is 0 Å². The maximum absolute atomic E-state index is 12.8. The number of nitro benzene ring substituents is 1. The minimum absolute atomic E-state index is 0.0337. The van der Waals surface area contributed by atoms with E-state index in [-0.39, 0.29) is 43.0 Å². The number of benzene rings is 2. The van der Waals surface area contributed by atoms with E-state index in [9.17, 15) is 14.9 Å². The zero-order valence-corrected chi connectivity index (χ0v) is 17.9. The highest BCUT2D eigenvalue weighted by molar-refractivity contribution is 6.33. The van der Waals surface area contributed by atoms with E-state index in [0.717, 1.165) is 0 Å². The fourth-order valence-electron chi connectivity index (χ4n) is 3.00. The van der Waals surface area contributed by atoms with Crippen LogP contribution in [0.3, 0.4) is 0 Å². The van der Waals surface area contributed by atoms with Crippen LogP contribution in [0.25, 0.3) is 11.5 Å². The molecule has 1 amide bonds. The lowest BCUT2D eigenvalue weighted by molar-refractivity contribution is -0.384. The first-order chi connectivity index (χ1) is 14.9. The summed E-state index contributed by atoms with van der Waals surface area (Å²) in [5.41, 5.74) is 0.963. The van der Waals surface area contributed by atoms with Crippen LogP contribution in [-0.4, -0.2) is 38.5 Å². The van der Waals surface area contributed by atoms with Gasteiger partial charge in [0.05, 0.1) is 22.1 Å². The SMILES string of the molecule is CC(C)N(Cc1nnc(-c2ccccc2Cl)o1)C(=O)CCNc1ccccc1[N+](=O)[O-]. The van der Waals surface area contributed by atoms with Gasteiger partial charge in [0.25, 0.3) is 5.69 Å². The topological polar surface area (TPSA) is 114 Å². The molecular weight excluding hydrogens is 422 g/mol. The maximum Gasteiger partial charge on any atom is 0.292 e. The number of amides is 1. The van der Waals surface area contributed by atoms with Crippen molar-refractivity contribution >= 4 is 28.9 Å². The Morgan fingerprint density at radius 2 is 1.90 bits per heavy atom. The number of anilines is 1. The Morgan fingerprint density at radius 1 is 1.19 bits per heavy atom. The Morgan fingerprint density at radius 3 is 2.61 bits per heavy atom. The number of nitro groups is 1. The van der Waals surface area contributed by atoms with Crippen molar-refractivity contribution < 1.29 is 14.1 Å². The molecule has 0 aliphatic carbocycles. The normalized spacial score (nSPS) is 10.8. The number of hydrogen-bond acceptors (Lipinski definition) is 7. The van der Waals surface area contributed by atoms with Crippen LogP contribution < -0.4 is 5.32 Å². The van der Waals surface area contributed by atoms with E-state index in [1.165, 1.54) is 6.07 Å². The lowest BCUT2D eigenvalue weighted by Gasteiger charge is -2.25. The summed E-state index contributed by atoms with van der Waals surface area (Å²) in [6, 6.07) is 13.3. The Balaban J connectivity index is 1.63. The monoisotopic (exact) mass is 443 g/mol. The molecule has 0 aliphatic rings. The number of carbonyl (C=O) groups excluding carboxylic acids is 1. The third-order valence-electron chi connectivity index (χ3n) is 4.58. The number of aromatic nitrogens is 2. The highest BCUT2D eigenvalue weighted by atomic mass is 35.5. The lowest BCUT2D eigenvalue weighted by Crippen LogP contribution is -2.37. The Kier molecular flexibility index (Phi) is 7.19. The third kappa shape index (κ3) is 5.58. The minimum atomic E-state index is -0.462. The van der Waals surface area contributed by atoms with E-state index in [1.807, 2.05) is 19.9 Å². The molecule has 2 aromatic carbocycles. The first-order valence-electron chi connectivity index (χ1n) is 9.71. The van der Waals surface area contributed by atoms with Crippen molar-refractivity contribution in [3.05, 3.63) is 69.6 Å². The van der Waals surface area contributed by atoms with Gasteiger partial charge in [0.1, 0.15) is 5.69 Å². The number of nitrogens with one attached hydrogen (secondary N) is 1. The number of rotatable bonds is 9. The summed E-state index contributed by atoms with van der Waals surface area (Å²) in [4.78, 5) is 25.0. The zero-order chi connectivity index (χ0) is 22.4. The average Bonchev–Trinajstić information content (AvgIpc) is 3.20. The molecule has 3 rings (SSSR count). The number of hydrogen-bond donors (Lipinski definition) is 1. The summed E-state index contributed by atoms with van der Waals surface area (Å²) in [6.07, 6.45) is 0.149. The van der Waals surface area contributed by atoms with Crippen LogP contribution in [0.5, 0.6) is 0 Å². The molecule has 0 spiro atoms. The van der Waals surface area contributed by atoms with Gasteiger partial charge >= 0.3 is 0 Å². The minimum Gasteiger partial charge on any atom is -0.419 e. The number of nitrogens with zero attached hydrogens (tertiary/aromatic N) is 4. The van der Waals surface area contributed by atoms with Crippen LogP contribution in [-0.2, 0) is 11.3 Å². The molecule has 0 unspecified atom stereocenters. The van der Waals surface area contributed by atoms with Gasteiger partial charge in [-0.3, -0.25) is 14.9 Å². The van der Waals surface area contributed by atoms with E-state index >= 15 is 0 Å². The summed E-state index contributed by atoms with van der Waals surface area (Å²) in [7, 11) is 0. The molecule has 1 N–H and O–H groups in total. The standard InChI is InChI=1S/C21H22ClN5O4/c1-14(2)26(13-19-24-25-21(31-19)15-7-3-4-8-16(15)22)20(28)11-12-23-17-9-5-6-10-18(17)27(29)30/h3-10,14,23H,11-13H2,1-2H3. The fourth-order valence-corrected chi connectivity index (χ4v) is 3.21. The second-order valence-corrected chi connectivity index (χ2v) is 7.45. The van der Waals surface area contributed by atoms with E-state index in [1.54, 1.807) is 41.3 Å². The largest absolute Gasteiger partial charge is 0.419 e. The molecule has 31 heavy (non-hydrogen) atoms. The lowest BCUT2D eigenvalue weighted by atomic mass is 10.2. The van der Waals surface area contributed by atoms with Crippen LogP contribution in [0.15, 0.2) is 52.9 Å². The molecule has 0 bridgehead atoms. The molecule has 9 nitrogen and oxygen atoms in total. The van der Waals surface area contributed by atoms with Crippen molar-refractivity contribution in [2.75, 3.05) is 11.9 Å². The zero-order valence-electron chi connectivity index (χ0n) is 17.1. The summed E-state index contributed by atoms with van der Waals surface area (Å²) in [5, 5.41) is 22.6. The van der Waals surface area contributed by atoms with Crippen LogP contribution in [0, 0.1) is 10.1 Å². The molecule has 0 fully saturated rings. The number of halogens is 1. The molecule has 162 valence electrons. The Bertz CT molecular complexity index is 1070. The van der Waals surface area contributed by atoms with E-state index in [2.05, 4.69) is 15.5 Å². The predicted octanol–water partition coefficient (Wildman–Crippen LogP) is 4.54. The Hall–Kier alpha value is -3.46. The smallest absolute Gasteiger partial charge is 0.292 e. The first kappa shape index (κ1) is 22.2. The molecule has 0 atom stereocenters. The van der Waals surface area contributed by atoms with Gasteiger partial charge in [-0.1, -0.05) is 35.9 Å². The second kappa shape index (κ2) is 10.0. The van der Waals surface area contributed by atoms with Crippen LogP contribution in [0.1, 0.15) is 26.2 Å². The molecule has 0 aliphatic heterocycles. The van der Waals surface area contributed by atoms with Gasteiger partial charge in [0.2, 0.25) is 17.7 Å².